The van der Waals surface area contributed by atoms with Gasteiger partial charge in [0.05, 0.1) is 12.1 Å². The zero-order chi connectivity index (χ0) is 13.4. The van der Waals surface area contributed by atoms with Crippen LogP contribution in [0.5, 0.6) is 0 Å². The first-order valence-electron chi connectivity index (χ1n) is 7.09. The second-order valence-electron chi connectivity index (χ2n) is 5.75. The molecular weight excluding hydrogens is 278 g/mol. The van der Waals surface area contributed by atoms with E-state index < -0.39 is 0 Å². The van der Waals surface area contributed by atoms with Gasteiger partial charge in [-0.3, -0.25) is 4.79 Å². The summed E-state index contributed by atoms with van der Waals surface area (Å²) in [6.45, 7) is 5.48. The van der Waals surface area contributed by atoms with Gasteiger partial charge >= 0.3 is 0 Å². The number of aromatic nitrogens is 1. The molecule has 1 aromatic heterocycles. The molecule has 1 amide bonds. The predicted molar refractivity (Wildman–Crippen MR) is 78.1 cm³/mol. The quantitative estimate of drug-likeness (QED) is 0.901. The van der Waals surface area contributed by atoms with Gasteiger partial charge in [-0.15, -0.1) is 12.4 Å². The number of nitrogens with one attached hydrogen (secondary N) is 1. The summed E-state index contributed by atoms with van der Waals surface area (Å²) >= 11 is 0. The van der Waals surface area contributed by atoms with Gasteiger partial charge in [0.25, 0.3) is 0 Å². The summed E-state index contributed by atoms with van der Waals surface area (Å²) in [5, 5.41) is 7.51. The van der Waals surface area contributed by atoms with Crippen molar-refractivity contribution in [2.75, 3.05) is 13.1 Å². The maximum Gasteiger partial charge on any atom is 0.227 e. The first-order chi connectivity index (χ1) is 9.13. The van der Waals surface area contributed by atoms with Gasteiger partial charge in [0.15, 0.2) is 0 Å². The number of aryl methyl sites for hydroxylation is 2. The second-order valence-corrected chi connectivity index (χ2v) is 5.75. The second kappa shape index (κ2) is 6.14. The van der Waals surface area contributed by atoms with Crippen LogP contribution < -0.4 is 5.32 Å². The van der Waals surface area contributed by atoms with Crippen molar-refractivity contribution >= 4 is 18.3 Å². The first-order valence-corrected chi connectivity index (χ1v) is 7.09. The Hall–Kier alpha value is -1.07. The van der Waals surface area contributed by atoms with E-state index in [1.165, 1.54) is 12.8 Å². The number of hydrogen-bond acceptors (Lipinski definition) is 4. The van der Waals surface area contributed by atoms with Crippen molar-refractivity contribution in [3.8, 4) is 0 Å². The molecule has 3 heterocycles. The Morgan fingerprint density at radius 3 is 2.80 bits per heavy atom. The summed E-state index contributed by atoms with van der Waals surface area (Å²) < 4.78 is 5.12. The lowest BCUT2D eigenvalue weighted by molar-refractivity contribution is -0.130. The third kappa shape index (κ3) is 2.99. The van der Waals surface area contributed by atoms with E-state index in [1.54, 1.807) is 0 Å². The van der Waals surface area contributed by atoms with E-state index in [4.69, 9.17) is 4.52 Å². The number of nitrogens with zero attached hydrogens (tertiary/aromatic N) is 2. The number of fused-ring (bicyclic) bond motifs is 2. The minimum absolute atomic E-state index is 0. The molecule has 1 N–H and O–H groups in total. The van der Waals surface area contributed by atoms with Crippen LogP contribution in [0.3, 0.4) is 0 Å². The number of hydrogen-bond donors (Lipinski definition) is 1. The molecule has 0 spiro atoms. The number of amides is 1. The average molecular weight is 300 g/mol. The van der Waals surface area contributed by atoms with Crippen LogP contribution in [0.15, 0.2) is 4.52 Å². The zero-order valence-corrected chi connectivity index (χ0v) is 12.8. The molecule has 2 aliphatic rings. The molecule has 2 fully saturated rings. The fourth-order valence-electron chi connectivity index (χ4n) is 3.19. The molecule has 0 aromatic carbocycles. The third-order valence-corrected chi connectivity index (χ3v) is 4.39. The summed E-state index contributed by atoms with van der Waals surface area (Å²) in [6, 6.07) is 1.10. The molecule has 2 saturated heterocycles. The summed E-state index contributed by atoms with van der Waals surface area (Å²) in [5.74, 6) is 0.962. The molecule has 2 aliphatic heterocycles. The van der Waals surface area contributed by atoms with Crippen molar-refractivity contribution in [3.05, 3.63) is 17.0 Å². The van der Waals surface area contributed by atoms with Gasteiger partial charge in [-0.05, 0) is 33.1 Å². The summed E-state index contributed by atoms with van der Waals surface area (Å²) in [5.41, 5.74) is 1.78. The lowest BCUT2D eigenvalue weighted by atomic mass is 10.1. The van der Waals surface area contributed by atoms with Gasteiger partial charge in [0.1, 0.15) is 5.76 Å². The Morgan fingerprint density at radius 1 is 1.35 bits per heavy atom. The lowest BCUT2D eigenvalue weighted by Crippen LogP contribution is -2.39. The summed E-state index contributed by atoms with van der Waals surface area (Å²) in [4.78, 5) is 14.4. The largest absolute Gasteiger partial charge is 0.361 e. The molecule has 0 aliphatic carbocycles. The van der Waals surface area contributed by atoms with Gasteiger partial charge in [-0.2, -0.15) is 0 Å². The number of halogens is 1. The van der Waals surface area contributed by atoms with Crippen molar-refractivity contribution in [2.24, 2.45) is 0 Å². The molecule has 0 radical (unpaired) electrons. The Kier molecular flexibility index (Phi) is 4.70. The van der Waals surface area contributed by atoms with Crippen LogP contribution >= 0.6 is 12.4 Å². The normalized spacial score (nSPS) is 25.2. The molecule has 3 rings (SSSR count). The number of likely N-dealkylation sites (tertiary alicyclic amines) is 1. The summed E-state index contributed by atoms with van der Waals surface area (Å²) in [7, 11) is 0. The van der Waals surface area contributed by atoms with E-state index in [-0.39, 0.29) is 18.3 Å². The van der Waals surface area contributed by atoms with Crippen molar-refractivity contribution in [1.82, 2.24) is 15.4 Å². The van der Waals surface area contributed by atoms with Crippen molar-refractivity contribution < 1.29 is 9.32 Å². The fraction of sp³-hybridized carbons (Fsp3) is 0.714. The van der Waals surface area contributed by atoms with Gasteiger partial charge in [0, 0.05) is 30.7 Å². The van der Waals surface area contributed by atoms with Crippen molar-refractivity contribution in [1.29, 1.82) is 0 Å². The number of carbonyl (C=O) groups excluding carboxylic acids is 1. The molecule has 6 heteroatoms. The van der Waals surface area contributed by atoms with Crippen LogP contribution in [0.2, 0.25) is 0 Å². The maximum absolute atomic E-state index is 12.4. The van der Waals surface area contributed by atoms with Crippen LogP contribution in [-0.2, 0) is 11.2 Å². The first kappa shape index (κ1) is 15.3. The monoisotopic (exact) mass is 299 g/mol. The van der Waals surface area contributed by atoms with Crippen molar-refractivity contribution in [3.63, 3.8) is 0 Å². The van der Waals surface area contributed by atoms with Gasteiger partial charge in [-0.25, -0.2) is 0 Å². The minimum atomic E-state index is 0. The molecule has 5 nitrogen and oxygen atoms in total. The van der Waals surface area contributed by atoms with Crippen LogP contribution in [0, 0.1) is 13.8 Å². The van der Waals surface area contributed by atoms with E-state index in [0.29, 0.717) is 18.5 Å². The third-order valence-electron chi connectivity index (χ3n) is 4.39. The fourth-order valence-corrected chi connectivity index (χ4v) is 3.19. The molecule has 20 heavy (non-hydrogen) atoms. The predicted octanol–water partition coefficient (Wildman–Crippen LogP) is 1.61. The van der Waals surface area contributed by atoms with Crippen LogP contribution in [0.4, 0.5) is 0 Å². The minimum Gasteiger partial charge on any atom is -0.361 e. The average Bonchev–Trinajstić information content (AvgIpc) is 2.85. The highest BCUT2D eigenvalue weighted by molar-refractivity contribution is 5.85. The lowest BCUT2D eigenvalue weighted by Gasteiger charge is -2.24. The topological polar surface area (TPSA) is 58.4 Å². The SMILES string of the molecule is Cc1noc(C)c1CC(=O)N1CCC2CCC(C1)N2.Cl. The standard InChI is InChI=1S/C14H21N3O2.ClH/c1-9-13(10(2)19-16-9)7-14(18)17-6-5-11-3-4-12(8-17)15-11;/h11-12,15H,3-8H2,1-2H3;1H. The van der Waals surface area contributed by atoms with Crippen molar-refractivity contribution in [2.45, 2.75) is 51.6 Å². The smallest absolute Gasteiger partial charge is 0.227 e. The van der Waals surface area contributed by atoms with Crippen LogP contribution in [0.25, 0.3) is 0 Å². The van der Waals surface area contributed by atoms with Gasteiger partial charge in [0.2, 0.25) is 5.91 Å². The highest BCUT2D eigenvalue weighted by Gasteiger charge is 2.31. The molecule has 112 valence electrons. The van der Waals surface area contributed by atoms with E-state index in [9.17, 15) is 4.79 Å². The molecular formula is C14H22ClN3O2. The molecule has 0 saturated carbocycles. The molecule has 2 bridgehead atoms. The Bertz CT molecular complexity index is 469. The van der Waals surface area contributed by atoms with E-state index >= 15 is 0 Å². The number of carbonyl (C=O) groups is 1. The van der Waals surface area contributed by atoms with Gasteiger partial charge < -0.3 is 14.7 Å². The zero-order valence-electron chi connectivity index (χ0n) is 12.0. The highest BCUT2D eigenvalue weighted by atomic mass is 35.5. The van der Waals surface area contributed by atoms with E-state index in [0.717, 1.165) is 36.5 Å². The van der Waals surface area contributed by atoms with Gasteiger partial charge in [-0.1, -0.05) is 5.16 Å². The molecule has 2 atom stereocenters. The van der Waals surface area contributed by atoms with Crippen LogP contribution in [-0.4, -0.2) is 41.1 Å². The molecule has 2 unspecified atom stereocenters. The number of rotatable bonds is 2. The maximum atomic E-state index is 12.4. The Labute approximate surface area is 125 Å². The van der Waals surface area contributed by atoms with Crippen LogP contribution in [0.1, 0.15) is 36.3 Å². The van der Waals surface area contributed by atoms with E-state index in [2.05, 4.69) is 10.5 Å². The summed E-state index contributed by atoms with van der Waals surface area (Å²) in [6.07, 6.45) is 3.94. The Morgan fingerprint density at radius 2 is 2.10 bits per heavy atom. The Balaban J connectivity index is 0.00000147. The highest BCUT2D eigenvalue weighted by Crippen LogP contribution is 2.21. The van der Waals surface area contributed by atoms with E-state index in [1.807, 2.05) is 18.7 Å². The molecule has 1 aromatic rings.